The molecule has 3 rings (SSSR count). The molecule has 0 saturated carbocycles. The lowest BCUT2D eigenvalue weighted by Crippen LogP contribution is -1.99. The first-order valence-electron chi connectivity index (χ1n) is 7.11. The monoisotopic (exact) mass is 299 g/mol. The summed E-state index contributed by atoms with van der Waals surface area (Å²) in [6.45, 7) is 2.94. The van der Waals surface area contributed by atoms with E-state index in [1.807, 2.05) is 36.0 Å². The molecular weight excluding hydrogens is 282 g/mol. The fourth-order valence-electron chi connectivity index (χ4n) is 2.59. The SMILES string of the molecule is CCc1c2cc(NCc3ccc(Cl)cc3)ccc2nn1C. The highest BCUT2D eigenvalue weighted by Gasteiger charge is 2.07. The van der Waals surface area contributed by atoms with E-state index in [2.05, 4.69) is 35.5 Å². The van der Waals surface area contributed by atoms with Gasteiger partial charge in [0.2, 0.25) is 0 Å². The van der Waals surface area contributed by atoms with Crippen LogP contribution in [-0.4, -0.2) is 9.78 Å². The van der Waals surface area contributed by atoms with Crippen LogP contribution in [0.15, 0.2) is 42.5 Å². The molecule has 4 heteroatoms. The summed E-state index contributed by atoms with van der Waals surface area (Å²) in [4.78, 5) is 0. The predicted octanol–water partition coefficient (Wildman–Crippen LogP) is 4.40. The maximum absolute atomic E-state index is 5.90. The van der Waals surface area contributed by atoms with Crippen LogP contribution in [0.1, 0.15) is 18.2 Å². The maximum atomic E-state index is 5.90. The second-order valence-electron chi connectivity index (χ2n) is 5.14. The van der Waals surface area contributed by atoms with Crippen LogP contribution in [0.4, 0.5) is 5.69 Å². The molecule has 3 nitrogen and oxygen atoms in total. The molecule has 108 valence electrons. The normalized spacial score (nSPS) is 11.0. The molecule has 21 heavy (non-hydrogen) atoms. The fourth-order valence-corrected chi connectivity index (χ4v) is 2.71. The van der Waals surface area contributed by atoms with Gasteiger partial charge in [-0.3, -0.25) is 4.68 Å². The Kier molecular flexibility index (Phi) is 3.84. The first-order chi connectivity index (χ1) is 10.2. The Labute approximate surface area is 129 Å². The van der Waals surface area contributed by atoms with Gasteiger partial charge >= 0.3 is 0 Å². The molecule has 0 fully saturated rings. The molecule has 3 aromatic rings. The lowest BCUT2D eigenvalue weighted by atomic mass is 10.1. The van der Waals surface area contributed by atoms with E-state index < -0.39 is 0 Å². The first kappa shape index (κ1) is 14.0. The van der Waals surface area contributed by atoms with E-state index in [0.717, 1.165) is 29.2 Å². The van der Waals surface area contributed by atoms with Gasteiger partial charge in [0.25, 0.3) is 0 Å². The number of halogens is 1. The number of hydrogen-bond acceptors (Lipinski definition) is 2. The number of nitrogens with zero attached hydrogens (tertiary/aromatic N) is 2. The Balaban J connectivity index is 1.82. The number of fused-ring (bicyclic) bond motifs is 1. The van der Waals surface area contributed by atoms with Crippen molar-refractivity contribution >= 4 is 28.2 Å². The van der Waals surface area contributed by atoms with E-state index >= 15 is 0 Å². The Morgan fingerprint density at radius 1 is 1.14 bits per heavy atom. The zero-order chi connectivity index (χ0) is 14.8. The molecule has 2 aromatic carbocycles. The van der Waals surface area contributed by atoms with Crippen molar-refractivity contribution in [2.45, 2.75) is 19.9 Å². The Morgan fingerprint density at radius 2 is 1.90 bits per heavy atom. The zero-order valence-corrected chi connectivity index (χ0v) is 13.0. The Hall–Kier alpha value is -2.00. The highest BCUT2D eigenvalue weighted by atomic mass is 35.5. The third kappa shape index (κ3) is 2.88. The summed E-state index contributed by atoms with van der Waals surface area (Å²) in [7, 11) is 2.00. The summed E-state index contributed by atoms with van der Waals surface area (Å²) in [5.41, 5.74) is 4.63. The van der Waals surface area contributed by atoms with Crippen LogP contribution in [0, 0.1) is 0 Å². The van der Waals surface area contributed by atoms with Crippen LogP contribution in [0.2, 0.25) is 5.02 Å². The van der Waals surface area contributed by atoms with Crippen molar-refractivity contribution in [2.75, 3.05) is 5.32 Å². The quantitative estimate of drug-likeness (QED) is 0.774. The van der Waals surface area contributed by atoms with Gasteiger partial charge in [0, 0.05) is 35.4 Å². The van der Waals surface area contributed by atoms with E-state index in [1.165, 1.54) is 16.6 Å². The van der Waals surface area contributed by atoms with Gasteiger partial charge in [-0.1, -0.05) is 30.7 Å². The van der Waals surface area contributed by atoms with Gasteiger partial charge in [0.15, 0.2) is 0 Å². The van der Waals surface area contributed by atoms with E-state index in [-0.39, 0.29) is 0 Å². The minimum atomic E-state index is 0.767. The second-order valence-corrected chi connectivity index (χ2v) is 5.57. The summed E-state index contributed by atoms with van der Waals surface area (Å²) in [5.74, 6) is 0. The molecule has 0 saturated heterocycles. The van der Waals surface area contributed by atoms with Crippen molar-refractivity contribution < 1.29 is 0 Å². The molecule has 0 unspecified atom stereocenters. The topological polar surface area (TPSA) is 29.9 Å². The van der Waals surface area contributed by atoms with Gasteiger partial charge in [0.05, 0.1) is 5.52 Å². The van der Waals surface area contributed by atoms with E-state index in [0.29, 0.717) is 0 Å². The number of aromatic nitrogens is 2. The number of benzene rings is 2. The van der Waals surface area contributed by atoms with Crippen LogP contribution >= 0.6 is 11.6 Å². The summed E-state index contributed by atoms with van der Waals surface area (Å²) in [6.07, 6.45) is 0.980. The van der Waals surface area contributed by atoms with Gasteiger partial charge in [0.1, 0.15) is 0 Å². The van der Waals surface area contributed by atoms with E-state index in [9.17, 15) is 0 Å². The van der Waals surface area contributed by atoms with Crippen molar-refractivity contribution in [2.24, 2.45) is 7.05 Å². The fraction of sp³-hybridized carbons (Fsp3) is 0.235. The summed E-state index contributed by atoms with van der Waals surface area (Å²) >= 11 is 5.90. The van der Waals surface area contributed by atoms with Crippen molar-refractivity contribution in [3.05, 3.63) is 58.7 Å². The molecular formula is C17H18ClN3. The third-order valence-electron chi connectivity index (χ3n) is 3.70. The van der Waals surface area contributed by atoms with Gasteiger partial charge in [-0.2, -0.15) is 5.10 Å². The molecule has 0 aliphatic carbocycles. The van der Waals surface area contributed by atoms with Gasteiger partial charge in [-0.05, 0) is 42.3 Å². The molecule has 0 bridgehead atoms. The number of anilines is 1. The molecule has 1 aromatic heterocycles. The number of nitrogens with one attached hydrogen (secondary N) is 1. The van der Waals surface area contributed by atoms with Crippen LogP contribution in [-0.2, 0) is 20.0 Å². The Morgan fingerprint density at radius 3 is 2.62 bits per heavy atom. The molecule has 0 aliphatic rings. The summed E-state index contributed by atoms with van der Waals surface area (Å²) in [6, 6.07) is 14.2. The van der Waals surface area contributed by atoms with Crippen LogP contribution in [0.5, 0.6) is 0 Å². The number of hydrogen-bond donors (Lipinski definition) is 1. The molecule has 0 spiro atoms. The standard InChI is InChI=1S/C17H18ClN3/c1-3-17-15-10-14(8-9-16(15)20-21(17)2)19-11-12-4-6-13(18)7-5-12/h4-10,19H,3,11H2,1-2H3. The highest BCUT2D eigenvalue weighted by Crippen LogP contribution is 2.23. The molecule has 1 N–H and O–H groups in total. The first-order valence-corrected chi connectivity index (χ1v) is 7.49. The second kappa shape index (κ2) is 5.78. The molecule has 0 amide bonds. The van der Waals surface area contributed by atoms with Crippen LogP contribution in [0.3, 0.4) is 0 Å². The van der Waals surface area contributed by atoms with Crippen molar-refractivity contribution in [1.82, 2.24) is 9.78 Å². The maximum Gasteiger partial charge on any atom is 0.0927 e. The van der Waals surface area contributed by atoms with E-state index in [1.54, 1.807) is 0 Å². The molecule has 0 radical (unpaired) electrons. The Bertz CT molecular complexity index is 760. The van der Waals surface area contributed by atoms with Gasteiger partial charge in [-0.25, -0.2) is 0 Å². The van der Waals surface area contributed by atoms with Gasteiger partial charge < -0.3 is 5.32 Å². The largest absolute Gasteiger partial charge is 0.381 e. The van der Waals surface area contributed by atoms with E-state index in [4.69, 9.17) is 11.6 Å². The summed E-state index contributed by atoms with van der Waals surface area (Å²) in [5, 5.41) is 9.97. The average molecular weight is 300 g/mol. The van der Waals surface area contributed by atoms with Crippen LogP contribution in [0.25, 0.3) is 10.9 Å². The van der Waals surface area contributed by atoms with Crippen molar-refractivity contribution in [3.8, 4) is 0 Å². The molecule has 0 aliphatic heterocycles. The molecule has 0 atom stereocenters. The van der Waals surface area contributed by atoms with Crippen LogP contribution < -0.4 is 5.32 Å². The predicted molar refractivity (Wildman–Crippen MR) is 88.9 cm³/mol. The minimum absolute atomic E-state index is 0.767. The van der Waals surface area contributed by atoms with Gasteiger partial charge in [-0.15, -0.1) is 0 Å². The van der Waals surface area contributed by atoms with Crippen molar-refractivity contribution in [1.29, 1.82) is 0 Å². The average Bonchev–Trinajstić information content (AvgIpc) is 2.81. The lowest BCUT2D eigenvalue weighted by Gasteiger charge is -2.07. The highest BCUT2D eigenvalue weighted by molar-refractivity contribution is 6.30. The van der Waals surface area contributed by atoms with Crippen molar-refractivity contribution in [3.63, 3.8) is 0 Å². The lowest BCUT2D eigenvalue weighted by molar-refractivity contribution is 0.728. The molecule has 1 heterocycles. The number of aryl methyl sites for hydroxylation is 2. The third-order valence-corrected chi connectivity index (χ3v) is 3.95. The zero-order valence-electron chi connectivity index (χ0n) is 12.2. The number of rotatable bonds is 4. The minimum Gasteiger partial charge on any atom is -0.381 e. The smallest absolute Gasteiger partial charge is 0.0927 e. The summed E-state index contributed by atoms with van der Waals surface area (Å²) < 4.78 is 1.97.